The van der Waals surface area contributed by atoms with Gasteiger partial charge >= 0.3 is 9.53 Å². The summed E-state index contributed by atoms with van der Waals surface area (Å²) in [5.74, 6) is 0.618. The molecule has 0 unspecified atom stereocenters. The van der Waals surface area contributed by atoms with E-state index in [-0.39, 0.29) is 0 Å². The van der Waals surface area contributed by atoms with Crippen LogP contribution in [0.1, 0.15) is 20.3 Å². The lowest BCUT2D eigenvalue weighted by atomic mass is 10.5. The van der Waals surface area contributed by atoms with E-state index in [1.807, 2.05) is 13.8 Å². The Hall–Kier alpha value is 0.387. The van der Waals surface area contributed by atoms with Crippen molar-refractivity contribution in [3.05, 3.63) is 0 Å². The summed E-state index contributed by atoms with van der Waals surface area (Å²) >= 11 is 5.49. The summed E-state index contributed by atoms with van der Waals surface area (Å²) in [5.41, 5.74) is 0. The number of rotatable bonds is 8. The van der Waals surface area contributed by atoms with Crippen LogP contribution < -0.4 is 0 Å². The molecule has 0 spiro atoms. The molecular formula is C7H16ClO3Si. The molecule has 5 heteroatoms. The quantitative estimate of drug-likeness (QED) is 0.348. The summed E-state index contributed by atoms with van der Waals surface area (Å²) in [4.78, 5) is 0. The molecule has 73 valence electrons. The number of alkyl halides is 1. The van der Waals surface area contributed by atoms with Crippen LogP contribution in [0.2, 0.25) is 0 Å². The molecule has 0 N–H and O–H groups in total. The second-order valence-electron chi connectivity index (χ2n) is 2.01. The van der Waals surface area contributed by atoms with Gasteiger partial charge in [0.15, 0.2) is 0 Å². The van der Waals surface area contributed by atoms with Crippen molar-refractivity contribution >= 4 is 21.1 Å². The molecule has 1 radical (unpaired) electrons. The van der Waals surface area contributed by atoms with Gasteiger partial charge < -0.3 is 13.3 Å². The molecule has 0 saturated carbocycles. The fourth-order valence-electron chi connectivity index (χ4n) is 0.571. The van der Waals surface area contributed by atoms with E-state index in [0.717, 1.165) is 6.42 Å². The highest BCUT2D eigenvalue weighted by molar-refractivity contribution is 6.36. The van der Waals surface area contributed by atoms with E-state index in [2.05, 4.69) is 0 Å². The molecule has 0 aliphatic rings. The van der Waals surface area contributed by atoms with Crippen LogP contribution in [0.25, 0.3) is 0 Å². The molecule has 0 aromatic carbocycles. The van der Waals surface area contributed by atoms with E-state index in [1.54, 1.807) is 0 Å². The van der Waals surface area contributed by atoms with Gasteiger partial charge in [0.05, 0.1) is 0 Å². The lowest BCUT2D eigenvalue weighted by Crippen LogP contribution is -2.27. The van der Waals surface area contributed by atoms with Crippen LogP contribution in [0.5, 0.6) is 0 Å². The summed E-state index contributed by atoms with van der Waals surface area (Å²) < 4.78 is 15.8. The fourth-order valence-corrected chi connectivity index (χ4v) is 1.71. The maximum absolute atomic E-state index is 5.49. The Kier molecular flexibility index (Phi) is 9.78. The first-order valence-corrected chi connectivity index (χ1v) is 5.92. The maximum atomic E-state index is 5.49. The second-order valence-corrected chi connectivity index (χ2v) is 3.75. The predicted octanol–water partition coefficient (Wildman–Crippen LogP) is 1.69. The Morgan fingerprint density at radius 1 is 1.08 bits per heavy atom. The molecule has 0 amide bonds. The van der Waals surface area contributed by atoms with E-state index < -0.39 is 9.53 Å². The van der Waals surface area contributed by atoms with E-state index in [0.29, 0.717) is 25.7 Å². The van der Waals surface area contributed by atoms with Gasteiger partial charge in [-0.3, -0.25) is 0 Å². The predicted molar refractivity (Wildman–Crippen MR) is 50.3 cm³/mol. The van der Waals surface area contributed by atoms with Gasteiger partial charge in [0.1, 0.15) is 0 Å². The first-order chi connectivity index (χ1) is 5.85. The van der Waals surface area contributed by atoms with E-state index >= 15 is 0 Å². The van der Waals surface area contributed by atoms with Crippen molar-refractivity contribution in [1.82, 2.24) is 0 Å². The van der Waals surface area contributed by atoms with Crippen molar-refractivity contribution in [2.75, 3.05) is 25.7 Å². The van der Waals surface area contributed by atoms with Crippen LogP contribution in [0.4, 0.5) is 0 Å². The molecule has 0 rings (SSSR count). The van der Waals surface area contributed by atoms with E-state index in [1.165, 1.54) is 0 Å². The average Bonchev–Trinajstić information content (AvgIpc) is 2.06. The van der Waals surface area contributed by atoms with Crippen LogP contribution in [-0.4, -0.2) is 35.2 Å². The largest absolute Gasteiger partial charge is 0.577 e. The van der Waals surface area contributed by atoms with Crippen LogP contribution in [-0.2, 0) is 13.3 Å². The summed E-state index contributed by atoms with van der Waals surface area (Å²) in [6, 6.07) is 0. The normalized spacial score (nSPS) is 11.0. The molecule has 0 atom stereocenters. The minimum Gasteiger partial charge on any atom is -0.371 e. The first kappa shape index (κ1) is 12.4. The molecule has 0 aliphatic heterocycles. The highest BCUT2D eigenvalue weighted by Gasteiger charge is 2.16. The van der Waals surface area contributed by atoms with Gasteiger partial charge in [-0.1, -0.05) is 0 Å². The molecule has 0 aliphatic carbocycles. The molecule has 0 heterocycles. The van der Waals surface area contributed by atoms with Crippen LogP contribution in [0, 0.1) is 0 Å². The molecule has 0 fully saturated rings. The van der Waals surface area contributed by atoms with Crippen molar-refractivity contribution in [2.24, 2.45) is 0 Å². The molecule has 0 aromatic heterocycles. The topological polar surface area (TPSA) is 27.7 Å². The number of hydrogen-bond donors (Lipinski definition) is 0. The van der Waals surface area contributed by atoms with Crippen molar-refractivity contribution in [2.45, 2.75) is 20.3 Å². The minimum absolute atomic E-state index is 0.618. The standard InChI is InChI=1S/C7H16ClO3Si/c1-3-9-12(10-4-2)11-7-5-6-8/h3-7H2,1-2H3. The van der Waals surface area contributed by atoms with Crippen LogP contribution in [0.15, 0.2) is 0 Å². The first-order valence-electron chi connectivity index (χ1n) is 4.16. The highest BCUT2D eigenvalue weighted by atomic mass is 35.5. The molecule has 0 saturated heterocycles. The molecule has 0 aromatic rings. The van der Waals surface area contributed by atoms with Gasteiger partial charge in [-0.05, 0) is 20.3 Å². The monoisotopic (exact) mass is 211 g/mol. The Labute approximate surface area is 80.9 Å². The van der Waals surface area contributed by atoms with Gasteiger partial charge in [-0.15, -0.1) is 11.6 Å². The van der Waals surface area contributed by atoms with Crippen molar-refractivity contribution < 1.29 is 13.3 Å². The third-order valence-corrected chi connectivity index (χ3v) is 2.78. The highest BCUT2D eigenvalue weighted by Crippen LogP contribution is 1.94. The van der Waals surface area contributed by atoms with Crippen molar-refractivity contribution in [3.63, 3.8) is 0 Å². The summed E-state index contributed by atoms with van der Waals surface area (Å²) in [5, 5.41) is 0. The Morgan fingerprint density at radius 3 is 2.08 bits per heavy atom. The zero-order chi connectivity index (χ0) is 9.23. The molecule has 3 nitrogen and oxygen atoms in total. The Balaban J connectivity index is 3.34. The summed E-state index contributed by atoms with van der Waals surface area (Å²) in [6.45, 7) is 5.74. The number of hydrogen-bond acceptors (Lipinski definition) is 3. The fraction of sp³-hybridized carbons (Fsp3) is 1.00. The van der Waals surface area contributed by atoms with Crippen molar-refractivity contribution in [1.29, 1.82) is 0 Å². The van der Waals surface area contributed by atoms with Gasteiger partial charge in [0, 0.05) is 25.7 Å². The maximum Gasteiger partial charge on any atom is 0.577 e. The Bertz CT molecular complexity index is 88.7. The lowest BCUT2D eigenvalue weighted by Gasteiger charge is -2.11. The van der Waals surface area contributed by atoms with Gasteiger partial charge in [-0.2, -0.15) is 0 Å². The zero-order valence-corrected chi connectivity index (χ0v) is 9.39. The van der Waals surface area contributed by atoms with Crippen molar-refractivity contribution in [3.8, 4) is 0 Å². The minimum atomic E-state index is -1.48. The lowest BCUT2D eigenvalue weighted by molar-refractivity contribution is 0.102. The average molecular weight is 212 g/mol. The zero-order valence-electron chi connectivity index (χ0n) is 7.64. The van der Waals surface area contributed by atoms with Crippen LogP contribution in [0.3, 0.4) is 0 Å². The molecule has 0 bridgehead atoms. The second kappa shape index (κ2) is 9.47. The SMILES string of the molecule is CCO[Si](OCC)OCCCCl. The van der Waals surface area contributed by atoms with Crippen LogP contribution >= 0.6 is 11.6 Å². The van der Waals surface area contributed by atoms with Gasteiger partial charge in [-0.25, -0.2) is 0 Å². The van der Waals surface area contributed by atoms with E-state index in [9.17, 15) is 0 Å². The third kappa shape index (κ3) is 7.06. The van der Waals surface area contributed by atoms with Gasteiger partial charge in [0.25, 0.3) is 0 Å². The molecular weight excluding hydrogens is 196 g/mol. The summed E-state index contributed by atoms with van der Waals surface area (Å²) in [7, 11) is -1.48. The summed E-state index contributed by atoms with van der Waals surface area (Å²) in [6.07, 6.45) is 0.843. The van der Waals surface area contributed by atoms with E-state index in [4.69, 9.17) is 24.9 Å². The van der Waals surface area contributed by atoms with Gasteiger partial charge in [0.2, 0.25) is 0 Å². The smallest absolute Gasteiger partial charge is 0.371 e. The number of halogens is 1. The molecule has 12 heavy (non-hydrogen) atoms. The third-order valence-electron chi connectivity index (χ3n) is 1.02. The Morgan fingerprint density at radius 2 is 1.67 bits per heavy atom.